The second-order valence-corrected chi connectivity index (χ2v) is 5.03. The largest absolute Gasteiger partial charge is 0.328 e. The molecule has 0 radical (unpaired) electrons. The topological polar surface area (TPSA) is 26.0 Å². The third kappa shape index (κ3) is 3.04. The van der Waals surface area contributed by atoms with Gasteiger partial charge < -0.3 is 5.73 Å². The predicted octanol–water partition coefficient (Wildman–Crippen LogP) is 3.13. The van der Waals surface area contributed by atoms with E-state index in [2.05, 4.69) is 15.9 Å². The molecule has 0 aliphatic heterocycles. The van der Waals surface area contributed by atoms with E-state index in [1.165, 1.54) is 0 Å². The SMILES string of the molecule is CCC(F)(CN)Cc1cc(Br)cs1. The van der Waals surface area contributed by atoms with Gasteiger partial charge in [-0.3, -0.25) is 0 Å². The Kier molecular flexibility index (Phi) is 3.88. The van der Waals surface area contributed by atoms with Gasteiger partial charge in [-0.05, 0) is 28.4 Å². The highest BCUT2D eigenvalue weighted by molar-refractivity contribution is 9.10. The molecule has 1 unspecified atom stereocenters. The zero-order valence-electron chi connectivity index (χ0n) is 7.52. The summed E-state index contributed by atoms with van der Waals surface area (Å²) in [5, 5.41) is 1.96. The minimum atomic E-state index is -1.23. The fourth-order valence-corrected chi connectivity index (χ4v) is 2.68. The number of alkyl halides is 1. The molecule has 4 heteroatoms. The first-order valence-electron chi connectivity index (χ1n) is 4.21. The van der Waals surface area contributed by atoms with Crippen molar-refractivity contribution in [1.29, 1.82) is 0 Å². The standard InChI is InChI=1S/C9H13BrFNS/c1-2-9(11,6-12)4-8-3-7(10)5-13-8/h3,5H,2,4,6,12H2,1H3. The Morgan fingerprint density at radius 2 is 2.38 bits per heavy atom. The predicted molar refractivity (Wildman–Crippen MR) is 58.9 cm³/mol. The summed E-state index contributed by atoms with van der Waals surface area (Å²) in [6.07, 6.45) is 0.898. The maximum Gasteiger partial charge on any atom is 0.127 e. The van der Waals surface area contributed by atoms with Crippen LogP contribution in [0.25, 0.3) is 0 Å². The average molecular weight is 266 g/mol. The number of halogens is 2. The lowest BCUT2D eigenvalue weighted by Crippen LogP contribution is -2.34. The number of nitrogens with two attached hydrogens (primary N) is 1. The van der Waals surface area contributed by atoms with Gasteiger partial charge in [0.1, 0.15) is 5.67 Å². The van der Waals surface area contributed by atoms with Gasteiger partial charge in [0.2, 0.25) is 0 Å². The lowest BCUT2D eigenvalue weighted by Gasteiger charge is -2.20. The van der Waals surface area contributed by atoms with E-state index in [4.69, 9.17) is 5.73 Å². The van der Waals surface area contributed by atoms with Gasteiger partial charge in [0.25, 0.3) is 0 Å². The van der Waals surface area contributed by atoms with Crippen molar-refractivity contribution in [2.45, 2.75) is 25.4 Å². The molecular weight excluding hydrogens is 253 g/mol. The normalized spacial score (nSPS) is 15.7. The van der Waals surface area contributed by atoms with Crippen molar-refractivity contribution in [2.75, 3.05) is 6.54 Å². The molecule has 1 heterocycles. The fraction of sp³-hybridized carbons (Fsp3) is 0.556. The number of rotatable bonds is 4. The molecule has 1 aromatic heterocycles. The molecule has 74 valence electrons. The van der Waals surface area contributed by atoms with Crippen molar-refractivity contribution >= 4 is 27.3 Å². The van der Waals surface area contributed by atoms with Gasteiger partial charge in [0.15, 0.2) is 0 Å². The Labute approximate surface area is 90.3 Å². The molecular formula is C9H13BrFNS. The van der Waals surface area contributed by atoms with Gasteiger partial charge in [-0.1, -0.05) is 6.92 Å². The fourth-order valence-electron chi connectivity index (χ4n) is 1.10. The first-order valence-corrected chi connectivity index (χ1v) is 5.89. The minimum absolute atomic E-state index is 0.0962. The number of thiophene rings is 1. The van der Waals surface area contributed by atoms with Crippen LogP contribution in [0, 0.1) is 0 Å². The summed E-state index contributed by atoms with van der Waals surface area (Å²) in [7, 11) is 0. The minimum Gasteiger partial charge on any atom is -0.328 e. The van der Waals surface area contributed by atoms with Gasteiger partial charge in [0.05, 0.1) is 0 Å². The monoisotopic (exact) mass is 265 g/mol. The maximum absolute atomic E-state index is 13.8. The van der Waals surface area contributed by atoms with E-state index in [1.54, 1.807) is 11.3 Å². The Bertz CT molecular complexity index is 270. The summed E-state index contributed by atoms with van der Waals surface area (Å²) in [5.74, 6) is 0. The second kappa shape index (κ2) is 4.53. The molecule has 0 aliphatic rings. The Morgan fingerprint density at radius 1 is 1.69 bits per heavy atom. The zero-order chi connectivity index (χ0) is 9.90. The molecule has 1 atom stereocenters. The molecule has 1 rings (SSSR count). The summed E-state index contributed by atoms with van der Waals surface area (Å²) in [6.45, 7) is 1.93. The molecule has 0 aromatic carbocycles. The van der Waals surface area contributed by atoms with Crippen LogP contribution in [-0.4, -0.2) is 12.2 Å². The smallest absolute Gasteiger partial charge is 0.127 e. The van der Waals surface area contributed by atoms with E-state index in [-0.39, 0.29) is 6.54 Å². The van der Waals surface area contributed by atoms with E-state index in [0.717, 1.165) is 9.35 Å². The van der Waals surface area contributed by atoms with Crippen LogP contribution in [0.3, 0.4) is 0 Å². The molecule has 2 N–H and O–H groups in total. The molecule has 1 aromatic rings. The second-order valence-electron chi connectivity index (χ2n) is 3.12. The molecule has 0 amide bonds. The van der Waals surface area contributed by atoms with Crippen molar-refractivity contribution in [2.24, 2.45) is 5.73 Å². The molecule has 0 saturated carbocycles. The molecule has 0 aliphatic carbocycles. The van der Waals surface area contributed by atoms with E-state index < -0.39 is 5.67 Å². The van der Waals surface area contributed by atoms with Crippen molar-refractivity contribution in [1.82, 2.24) is 0 Å². The van der Waals surface area contributed by atoms with Crippen molar-refractivity contribution < 1.29 is 4.39 Å². The third-order valence-electron chi connectivity index (χ3n) is 2.11. The highest BCUT2D eigenvalue weighted by Gasteiger charge is 2.26. The molecule has 0 bridgehead atoms. The van der Waals surface area contributed by atoms with Crippen LogP contribution in [0.5, 0.6) is 0 Å². The first-order chi connectivity index (χ1) is 6.09. The number of hydrogen-bond donors (Lipinski definition) is 1. The molecule has 0 spiro atoms. The quantitative estimate of drug-likeness (QED) is 0.890. The summed E-state index contributed by atoms with van der Waals surface area (Å²) in [5.41, 5.74) is 4.16. The lowest BCUT2D eigenvalue weighted by molar-refractivity contribution is 0.168. The van der Waals surface area contributed by atoms with Gasteiger partial charge in [-0.2, -0.15) is 0 Å². The van der Waals surface area contributed by atoms with Crippen molar-refractivity contribution in [3.8, 4) is 0 Å². The first kappa shape index (κ1) is 11.1. The molecule has 1 nitrogen and oxygen atoms in total. The van der Waals surface area contributed by atoms with Crippen LogP contribution in [-0.2, 0) is 6.42 Å². The highest BCUT2D eigenvalue weighted by atomic mass is 79.9. The Hall–Kier alpha value is 0.0700. The van der Waals surface area contributed by atoms with Gasteiger partial charge in [-0.25, -0.2) is 4.39 Å². The zero-order valence-corrected chi connectivity index (χ0v) is 9.92. The Morgan fingerprint density at radius 3 is 2.77 bits per heavy atom. The van der Waals surface area contributed by atoms with Crippen LogP contribution >= 0.6 is 27.3 Å². The van der Waals surface area contributed by atoms with E-state index in [9.17, 15) is 4.39 Å². The van der Waals surface area contributed by atoms with Crippen molar-refractivity contribution in [3.05, 3.63) is 20.8 Å². The lowest BCUT2D eigenvalue weighted by atomic mass is 9.98. The molecule has 13 heavy (non-hydrogen) atoms. The molecule has 0 fully saturated rings. The van der Waals surface area contributed by atoms with Gasteiger partial charge in [-0.15, -0.1) is 11.3 Å². The van der Waals surface area contributed by atoms with Crippen molar-refractivity contribution in [3.63, 3.8) is 0 Å². The maximum atomic E-state index is 13.8. The summed E-state index contributed by atoms with van der Waals surface area (Å²) in [4.78, 5) is 1.04. The van der Waals surface area contributed by atoms with Gasteiger partial charge >= 0.3 is 0 Å². The van der Waals surface area contributed by atoms with E-state index >= 15 is 0 Å². The third-order valence-corrected chi connectivity index (χ3v) is 3.81. The summed E-state index contributed by atoms with van der Waals surface area (Å²) < 4.78 is 14.8. The van der Waals surface area contributed by atoms with E-state index in [0.29, 0.717) is 12.8 Å². The van der Waals surface area contributed by atoms with Gasteiger partial charge in [0, 0.05) is 27.7 Å². The Balaban J connectivity index is 2.67. The number of hydrogen-bond acceptors (Lipinski definition) is 2. The molecule has 0 saturated heterocycles. The summed E-state index contributed by atoms with van der Waals surface area (Å²) >= 11 is 4.90. The van der Waals surface area contributed by atoms with Crippen LogP contribution in [0.15, 0.2) is 15.9 Å². The van der Waals surface area contributed by atoms with Crippen LogP contribution in [0.1, 0.15) is 18.2 Å². The summed E-state index contributed by atoms with van der Waals surface area (Å²) in [6, 6.07) is 1.95. The van der Waals surface area contributed by atoms with Crippen LogP contribution in [0.4, 0.5) is 4.39 Å². The van der Waals surface area contributed by atoms with Crippen LogP contribution < -0.4 is 5.73 Å². The average Bonchev–Trinajstić information content (AvgIpc) is 2.51. The highest BCUT2D eigenvalue weighted by Crippen LogP contribution is 2.27. The van der Waals surface area contributed by atoms with E-state index in [1.807, 2.05) is 18.4 Å². The van der Waals surface area contributed by atoms with Crippen LogP contribution in [0.2, 0.25) is 0 Å².